The first-order valence-corrected chi connectivity index (χ1v) is 10.9. The van der Waals surface area contributed by atoms with Crippen LogP contribution in [0.25, 0.3) is 22.2 Å². The molecular weight excluding hydrogens is 402 g/mol. The van der Waals surface area contributed by atoms with Crippen molar-refractivity contribution in [2.24, 2.45) is 0 Å². The summed E-state index contributed by atoms with van der Waals surface area (Å²) in [5.74, 6) is 1.32. The van der Waals surface area contributed by atoms with Gasteiger partial charge in [0.2, 0.25) is 5.95 Å². The molecule has 0 spiro atoms. The standard InChI is InChI=1S/C24H25N7O/c1-17-12-18(19-14-25-16-26-15-19)13-22-23(17)28-24(30-29-22)27-20-4-6-21(7-5-20)32-11-10-31-8-2-3-9-31/h4-7,12-16H,2-3,8-11H2,1H3,(H,27,28,30). The summed E-state index contributed by atoms with van der Waals surface area (Å²) in [6.45, 7) is 6.08. The molecule has 0 atom stereocenters. The fourth-order valence-corrected chi connectivity index (χ4v) is 3.94. The zero-order valence-corrected chi connectivity index (χ0v) is 18.0. The highest BCUT2D eigenvalue weighted by Crippen LogP contribution is 2.25. The predicted octanol–water partition coefficient (Wildman–Crippen LogP) is 4.01. The van der Waals surface area contributed by atoms with Crippen LogP contribution in [0.15, 0.2) is 55.1 Å². The molecule has 2 aromatic carbocycles. The van der Waals surface area contributed by atoms with Crippen molar-refractivity contribution in [1.29, 1.82) is 0 Å². The summed E-state index contributed by atoms with van der Waals surface area (Å²) in [4.78, 5) is 15.3. The first kappa shape index (κ1) is 20.3. The van der Waals surface area contributed by atoms with Crippen molar-refractivity contribution >= 4 is 22.7 Å². The summed E-state index contributed by atoms with van der Waals surface area (Å²) in [5.41, 5.74) is 5.37. The van der Waals surface area contributed by atoms with E-state index in [2.05, 4.69) is 41.4 Å². The van der Waals surface area contributed by atoms with Crippen molar-refractivity contribution in [3.8, 4) is 16.9 Å². The zero-order valence-electron chi connectivity index (χ0n) is 18.0. The van der Waals surface area contributed by atoms with Crippen molar-refractivity contribution < 1.29 is 4.74 Å². The summed E-state index contributed by atoms with van der Waals surface area (Å²) in [6, 6.07) is 11.9. The number of anilines is 2. The highest BCUT2D eigenvalue weighted by Gasteiger charge is 2.11. The second-order valence-electron chi connectivity index (χ2n) is 7.97. The number of nitrogens with zero attached hydrogens (tertiary/aromatic N) is 6. The number of nitrogens with one attached hydrogen (secondary N) is 1. The number of fused-ring (bicyclic) bond motifs is 1. The number of aryl methyl sites for hydroxylation is 1. The Balaban J connectivity index is 1.26. The molecule has 1 aliphatic rings. The molecule has 0 aliphatic carbocycles. The maximum Gasteiger partial charge on any atom is 0.247 e. The molecule has 2 aromatic heterocycles. The lowest BCUT2D eigenvalue weighted by molar-refractivity contribution is 0.238. The Morgan fingerprint density at radius 1 is 0.969 bits per heavy atom. The topological polar surface area (TPSA) is 89.0 Å². The SMILES string of the molecule is Cc1cc(-c2cncnc2)cc2nnc(Nc3ccc(OCCN4CCCC4)cc3)nc12. The van der Waals surface area contributed by atoms with Crippen LogP contribution in [0.2, 0.25) is 0 Å². The molecule has 1 saturated heterocycles. The van der Waals surface area contributed by atoms with Gasteiger partial charge in [0.25, 0.3) is 0 Å². The monoisotopic (exact) mass is 427 g/mol. The molecule has 1 aliphatic heterocycles. The number of benzene rings is 2. The lowest BCUT2D eigenvalue weighted by Gasteiger charge is -2.15. The van der Waals surface area contributed by atoms with Crippen molar-refractivity contribution in [3.05, 3.63) is 60.7 Å². The predicted molar refractivity (Wildman–Crippen MR) is 124 cm³/mol. The van der Waals surface area contributed by atoms with Crippen LogP contribution in [0, 0.1) is 6.92 Å². The molecular formula is C24H25N7O. The molecule has 162 valence electrons. The molecule has 0 unspecified atom stereocenters. The van der Waals surface area contributed by atoms with Crippen LogP contribution < -0.4 is 10.1 Å². The Hall–Kier alpha value is -3.65. The van der Waals surface area contributed by atoms with Crippen LogP contribution in [0.3, 0.4) is 0 Å². The largest absolute Gasteiger partial charge is 0.492 e. The van der Waals surface area contributed by atoms with E-state index in [4.69, 9.17) is 4.74 Å². The molecule has 4 aromatic rings. The third-order valence-electron chi connectivity index (χ3n) is 5.63. The first-order chi connectivity index (χ1) is 15.7. The molecule has 8 nitrogen and oxygen atoms in total. The number of ether oxygens (including phenoxy) is 1. The Labute approximate surface area is 186 Å². The Morgan fingerprint density at radius 2 is 1.75 bits per heavy atom. The fourth-order valence-electron chi connectivity index (χ4n) is 3.94. The molecule has 32 heavy (non-hydrogen) atoms. The number of rotatable bonds is 7. The van der Waals surface area contributed by atoms with Crippen molar-refractivity contribution in [3.63, 3.8) is 0 Å². The van der Waals surface area contributed by atoms with Crippen LogP contribution in [-0.4, -0.2) is 56.3 Å². The molecule has 0 bridgehead atoms. The van der Waals surface area contributed by atoms with E-state index in [1.54, 1.807) is 12.4 Å². The van der Waals surface area contributed by atoms with Crippen LogP contribution >= 0.6 is 0 Å². The van der Waals surface area contributed by atoms with Gasteiger partial charge < -0.3 is 10.1 Å². The van der Waals surface area contributed by atoms with Crippen LogP contribution in [-0.2, 0) is 0 Å². The van der Waals surface area contributed by atoms with Gasteiger partial charge in [-0.2, -0.15) is 0 Å². The normalized spacial score (nSPS) is 14.0. The number of hydrogen-bond acceptors (Lipinski definition) is 8. The van der Waals surface area contributed by atoms with Gasteiger partial charge in [-0.3, -0.25) is 4.90 Å². The lowest BCUT2D eigenvalue weighted by atomic mass is 10.0. The van der Waals surface area contributed by atoms with Gasteiger partial charge in [0.15, 0.2) is 0 Å². The molecule has 1 N–H and O–H groups in total. The third-order valence-corrected chi connectivity index (χ3v) is 5.63. The van der Waals surface area contributed by atoms with Gasteiger partial charge >= 0.3 is 0 Å². The highest BCUT2D eigenvalue weighted by molar-refractivity contribution is 5.84. The smallest absolute Gasteiger partial charge is 0.247 e. The minimum absolute atomic E-state index is 0.457. The Morgan fingerprint density at radius 3 is 2.53 bits per heavy atom. The maximum absolute atomic E-state index is 5.87. The lowest BCUT2D eigenvalue weighted by Crippen LogP contribution is -2.25. The highest BCUT2D eigenvalue weighted by atomic mass is 16.5. The van der Waals surface area contributed by atoms with Crippen LogP contribution in [0.4, 0.5) is 11.6 Å². The summed E-state index contributed by atoms with van der Waals surface area (Å²) in [5, 5.41) is 11.9. The maximum atomic E-state index is 5.87. The molecule has 0 radical (unpaired) electrons. The van der Waals surface area contributed by atoms with E-state index in [9.17, 15) is 0 Å². The third kappa shape index (κ3) is 4.65. The quantitative estimate of drug-likeness (QED) is 0.473. The van der Waals surface area contributed by atoms with Gasteiger partial charge in [0, 0.05) is 30.2 Å². The van der Waals surface area contributed by atoms with Crippen molar-refractivity contribution in [1.82, 2.24) is 30.0 Å². The summed E-state index contributed by atoms with van der Waals surface area (Å²) in [6.07, 6.45) is 7.68. The fraction of sp³-hybridized carbons (Fsp3) is 0.292. The average Bonchev–Trinajstić information content (AvgIpc) is 3.35. The van der Waals surface area contributed by atoms with Gasteiger partial charge in [-0.15, -0.1) is 10.2 Å². The van der Waals surface area contributed by atoms with Crippen LogP contribution in [0.5, 0.6) is 5.75 Å². The summed E-state index contributed by atoms with van der Waals surface area (Å²) in [7, 11) is 0. The zero-order chi connectivity index (χ0) is 21.8. The Bertz CT molecular complexity index is 1190. The van der Waals surface area contributed by atoms with Crippen molar-refractivity contribution in [2.45, 2.75) is 19.8 Å². The van der Waals surface area contributed by atoms with E-state index in [1.165, 1.54) is 32.3 Å². The van der Waals surface area contributed by atoms with Gasteiger partial charge in [-0.25, -0.2) is 15.0 Å². The Kier molecular flexibility index (Phi) is 5.85. The number of aromatic nitrogens is 5. The van der Waals surface area contributed by atoms with E-state index >= 15 is 0 Å². The molecule has 5 rings (SSSR count). The van der Waals surface area contributed by atoms with E-state index in [0.29, 0.717) is 12.6 Å². The minimum Gasteiger partial charge on any atom is -0.492 e. The molecule has 0 saturated carbocycles. The molecule has 8 heteroatoms. The molecule has 1 fully saturated rings. The van der Waals surface area contributed by atoms with E-state index < -0.39 is 0 Å². The van der Waals surface area contributed by atoms with Crippen molar-refractivity contribution in [2.75, 3.05) is 31.6 Å². The van der Waals surface area contributed by atoms with Crippen LogP contribution in [0.1, 0.15) is 18.4 Å². The minimum atomic E-state index is 0.457. The van der Waals surface area contributed by atoms with E-state index in [0.717, 1.165) is 45.7 Å². The average molecular weight is 428 g/mol. The molecule has 0 amide bonds. The van der Waals surface area contributed by atoms with Gasteiger partial charge in [0.05, 0.1) is 5.52 Å². The second kappa shape index (κ2) is 9.23. The molecule has 3 heterocycles. The van der Waals surface area contributed by atoms with E-state index in [-0.39, 0.29) is 0 Å². The number of hydrogen-bond donors (Lipinski definition) is 1. The summed E-state index contributed by atoms with van der Waals surface area (Å²) >= 11 is 0. The first-order valence-electron chi connectivity index (χ1n) is 10.9. The second-order valence-corrected chi connectivity index (χ2v) is 7.97. The van der Waals surface area contributed by atoms with Gasteiger partial charge in [-0.05, 0) is 80.4 Å². The summed E-state index contributed by atoms with van der Waals surface area (Å²) < 4.78 is 5.87. The number of likely N-dealkylation sites (tertiary alicyclic amines) is 1. The van der Waals surface area contributed by atoms with Gasteiger partial charge in [-0.1, -0.05) is 0 Å². The van der Waals surface area contributed by atoms with E-state index in [1.807, 2.05) is 37.3 Å². The van der Waals surface area contributed by atoms with Gasteiger partial charge in [0.1, 0.15) is 24.2 Å².